The van der Waals surface area contributed by atoms with E-state index >= 15 is 0 Å². The summed E-state index contributed by atoms with van der Waals surface area (Å²) in [5.41, 5.74) is 16.2. The van der Waals surface area contributed by atoms with E-state index in [9.17, 15) is 9.90 Å². The average molecular weight is 919 g/mol. The van der Waals surface area contributed by atoms with Crippen LogP contribution in [0.5, 0.6) is 0 Å². The molecule has 336 valence electrons. The van der Waals surface area contributed by atoms with E-state index in [0.717, 1.165) is 114 Å². The molecule has 0 aliphatic carbocycles. The SMILES string of the molecule is CCc1nc2c(C)cc(C)nc2n1Cc1ccc2nc(-c3ccccc3-c3nn[nH]n3)ccc2c1.CCc1nc2c(C)cc(C)nc2n1Cc1ccc2nc(-c3ccccc3C(=O)[O-])ccc2c1.[Na+]. The summed E-state index contributed by atoms with van der Waals surface area (Å²) in [6, 6.07) is 39.5. The number of nitrogens with one attached hydrogen (secondary N) is 1. The molecule has 0 saturated carbocycles. The second-order valence-corrected chi connectivity index (χ2v) is 17.0. The average Bonchev–Trinajstić information content (AvgIpc) is 4.10. The number of carboxylic acids is 1. The van der Waals surface area contributed by atoms with Gasteiger partial charge in [-0.1, -0.05) is 86.6 Å². The molecule has 0 radical (unpaired) electrons. The van der Waals surface area contributed by atoms with E-state index in [2.05, 4.69) is 106 Å². The Morgan fingerprint density at radius 3 is 1.55 bits per heavy atom. The molecule has 0 spiro atoms. The van der Waals surface area contributed by atoms with Gasteiger partial charge in [-0.2, -0.15) is 5.21 Å². The van der Waals surface area contributed by atoms with Crippen molar-refractivity contribution in [3.63, 3.8) is 0 Å². The van der Waals surface area contributed by atoms with Crippen molar-refractivity contribution >= 4 is 50.1 Å². The molecule has 15 heteroatoms. The van der Waals surface area contributed by atoms with Crippen LogP contribution in [0.25, 0.3) is 78.0 Å². The molecule has 0 saturated heterocycles. The molecular weight excluding hydrogens is 872 g/mol. The minimum absolute atomic E-state index is 0. The molecule has 0 fully saturated rings. The molecule has 0 atom stereocenters. The number of hydrogen-bond donors (Lipinski definition) is 1. The van der Waals surface area contributed by atoms with E-state index in [1.165, 1.54) is 11.6 Å². The van der Waals surface area contributed by atoms with Crippen LogP contribution in [0, 0.1) is 27.7 Å². The van der Waals surface area contributed by atoms with Crippen LogP contribution in [0.4, 0.5) is 0 Å². The van der Waals surface area contributed by atoms with Gasteiger partial charge >= 0.3 is 29.6 Å². The van der Waals surface area contributed by atoms with Crippen molar-refractivity contribution < 1.29 is 39.5 Å². The van der Waals surface area contributed by atoms with Gasteiger partial charge in [0.05, 0.1) is 41.5 Å². The normalized spacial score (nSPS) is 11.3. The first-order valence-electron chi connectivity index (χ1n) is 22.6. The maximum absolute atomic E-state index is 11.5. The molecule has 0 aliphatic rings. The first-order chi connectivity index (χ1) is 33.0. The smallest absolute Gasteiger partial charge is 0.545 e. The van der Waals surface area contributed by atoms with Gasteiger partial charge in [0.1, 0.15) is 22.7 Å². The third-order valence-corrected chi connectivity index (χ3v) is 12.2. The van der Waals surface area contributed by atoms with Crippen LogP contribution < -0.4 is 34.7 Å². The summed E-state index contributed by atoms with van der Waals surface area (Å²) >= 11 is 0. The van der Waals surface area contributed by atoms with Crippen LogP contribution in [-0.4, -0.2) is 65.6 Å². The molecule has 14 nitrogen and oxygen atoms in total. The Morgan fingerprint density at radius 1 is 0.565 bits per heavy atom. The molecule has 11 aromatic rings. The van der Waals surface area contributed by atoms with Crippen LogP contribution in [0.3, 0.4) is 0 Å². The van der Waals surface area contributed by atoms with E-state index in [-0.39, 0.29) is 35.1 Å². The zero-order valence-electron chi connectivity index (χ0n) is 39.6. The van der Waals surface area contributed by atoms with Crippen molar-refractivity contribution in [3.05, 3.63) is 172 Å². The van der Waals surface area contributed by atoms with Crippen LogP contribution in [0.1, 0.15) is 69.5 Å². The number of aromatic carboxylic acids is 1. The van der Waals surface area contributed by atoms with Crippen molar-refractivity contribution in [2.24, 2.45) is 0 Å². The first-order valence-corrected chi connectivity index (χ1v) is 22.6. The number of aromatic nitrogens is 12. The maximum Gasteiger partial charge on any atom is 1.00 e. The Morgan fingerprint density at radius 2 is 1.06 bits per heavy atom. The molecule has 0 bridgehead atoms. The van der Waals surface area contributed by atoms with Crippen molar-refractivity contribution in [3.8, 4) is 33.9 Å². The molecule has 1 N–H and O–H groups in total. The van der Waals surface area contributed by atoms with E-state index < -0.39 is 5.97 Å². The van der Waals surface area contributed by atoms with Gasteiger partial charge in [-0.25, -0.2) is 29.9 Å². The number of rotatable bonds is 10. The molecule has 4 aromatic carbocycles. The fourth-order valence-electron chi connectivity index (χ4n) is 9.04. The van der Waals surface area contributed by atoms with Gasteiger partial charge < -0.3 is 19.0 Å². The number of carbonyl (C=O) groups excluding carboxylic acids is 1. The van der Waals surface area contributed by atoms with Crippen LogP contribution >= 0.6 is 0 Å². The number of nitrogens with zero attached hydrogens (tertiary/aromatic N) is 11. The van der Waals surface area contributed by atoms with Crippen LogP contribution in [-0.2, 0) is 25.9 Å². The zero-order chi connectivity index (χ0) is 47.1. The van der Waals surface area contributed by atoms with E-state index in [0.29, 0.717) is 30.2 Å². The molecule has 0 aliphatic heterocycles. The number of pyridine rings is 4. The minimum Gasteiger partial charge on any atom is -0.545 e. The Bertz CT molecular complexity index is 3710. The van der Waals surface area contributed by atoms with Gasteiger partial charge in [0.2, 0.25) is 5.82 Å². The number of hydrogen-bond acceptors (Lipinski definition) is 11. The number of tetrazole rings is 1. The largest absolute Gasteiger partial charge is 1.00 e. The topological polar surface area (TPSA) is 182 Å². The van der Waals surface area contributed by atoms with Crippen LogP contribution in [0.2, 0.25) is 0 Å². The van der Waals surface area contributed by atoms with E-state index in [1.54, 1.807) is 18.2 Å². The summed E-state index contributed by atoms with van der Waals surface area (Å²) in [5.74, 6) is 1.41. The second-order valence-electron chi connectivity index (χ2n) is 17.0. The second kappa shape index (κ2) is 19.6. The number of aromatic amines is 1. The maximum atomic E-state index is 11.5. The monoisotopic (exact) mass is 918 g/mol. The van der Waals surface area contributed by atoms with Crippen molar-refractivity contribution in [2.45, 2.75) is 67.5 Å². The number of H-pyrrole nitrogens is 1. The number of benzene rings is 4. The summed E-state index contributed by atoms with van der Waals surface area (Å²) < 4.78 is 4.42. The molecule has 69 heavy (non-hydrogen) atoms. The van der Waals surface area contributed by atoms with E-state index in [4.69, 9.17) is 29.9 Å². The van der Waals surface area contributed by atoms with Gasteiger partial charge in [-0.3, -0.25) is 0 Å². The van der Waals surface area contributed by atoms with Crippen molar-refractivity contribution in [1.82, 2.24) is 59.7 Å². The van der Waals surface area contributed by atoms with Crippen LogP contribution in [0.15, 0.2) is 121 Å². The minimum atomic E-state index is -1.21. The number of aryl methyl sites for hydroxylation is 6. The quantitative estimate of drug-likeness (QED) is 0.152. The Balaban J connectivity index is 0.000000170. The number of imidazole rings is 2. The summed E-state index contributed by atoms with van der Waals surface area (Å²) in [6.07, 6.45) is 1.68. The molecule has 7 heterocycles. The van der Waals surface area contributed by atoms with Gasteiger partial charge in [0.15, 0.2) is 11.3 Å². The Hall–Kier alpha value is -7.52. The first kappa shape index (κ1) is 46.6. The predicted octanol–water partition coefficient (Wildman–Crippen LogP) is 6.30. The fourth-order valence-corrected chi connectivity index (χ4v) is 9.04. The molecule has 11 rings (SSSR count). The Kier molecular flexibility index (Phi) is 13.2. The molecule has 7 aromatic heterocycles. The van der Waals surface area contributed by atoms with E-state index in [1.807, 2.05) is 62.4 Å². The summed E-state index contributed by atoms with van der Waals surface area (Å²) in [5, 5.41) is 28.1. The molecular formula is C54H47N12NaO2. The van der Waals surface area contributed by atoms with Gasteiger partial charge in [-0.05, 0) is 104 Å². The number of carbonyl (C=O) groups is 1. The fraction of sp³-hybridized carbons (Fsp3) is 0.185. The predicted molar refractivity (Wildman–Crippen MR) is 263 cm³/mol. The summed E-state index contributed by atoms with van der Waals surface area (Å²) in [4.78, 5) is 40.4. The van der Waals surface area contributed by atoms with Gasteiger partial charge in [-0.15, -0.1) is 10.2 Å². The van der Waals surface area contributed by atoms with Crippen molar-refractivity contribution in [2.75, 3.05) is 0 Å². The third kappa shape index (κ3) is 9.26. The van der Waals surface area contributed by atoms with Gasteiger partial charge in [0, 0.05) is 57.3 Å². The summed E-state index contributed by atoms with van der Waals surface area (Å²) in [6.45, 7) is 13.8. The summed E-state index contributed by atoms with van der Waals surface area (Å²) in [7, 11) is 0. The third-order valence-electron chi connectivity index (χ3n) is 12.2. The number of carboxylic acid groups (broad SMARTS) is 1. The van der Waals surface area contributed by atoms with Gasteiger partial charge in [0.25, 0.3) is 0 Å². The molecule has 0 amide bonds. The van der Waals surface area contributed by atoms with Crippen molar-refractivity contribution in [1.29, 1.82) is 0 Å². The number of fused-ring (bicyclic) bond motifs is 4. The standard InChI is InChI=1S/C27H24N8.C27H24N4O2.Na/c1-4-24-30-25-16(2)13-17(3)28-27(25)35(24)15-18-9-11-22-19(14-18)10-12-23(29-22)20-7-5-6-8-21(20)26-31-33-34-32-26;1-4-24-30-25-16(2)13-17(3)28-26(25)31(24)15-18-9-11-22-19(14-18)10-12-23(29-22)20-7-5-6-8-21(20)27(32)33;/h5-14H,4,15H2,1-3H3,(H,31,32,33,34);5-14H,4,15H2,1-3H3,(H,32,33);/q;;+1/p-1. The zero-order valence-corrected chi connectivity index (χ0v) is 41.6. The Labute approximate surface area is 420 Å². The molecule has 0 unspecified atom stereocenters.